The van der Waals surface area contributed by atoms with Crippen molar-refractivity contribution in [1.82, 2.24) is 15.1 Å². The molecule has 0 radical (unpaired) electrons. The summed E-state index contributed by atoms with van der Waals surface area (Å²) in [4.78, 5) is 14.7. The number of hydrogen-bond donors (Lipinski definition) is 2. The van der Waals surface area contributed by atoms with Crippen LogP contribution >= 0.6 is 0 Å². The Labute approximate surface area is 149 Å². The average Bonchev–Trinajstić information content (AvgIpc) is 3.20. The van der Waals surface area contributed by atoms with Crippen LogP contribution in [0.15, 0.2) is 30.3 Å². The Kier molecular flexibility index (Phi) is 5.53. The third-order valence-electron chi connectivity index (χ3n) is 5.25. The highest BCUT2D eigenvalue weighted by Gasteiger charge is 2.30. The van der Waals surface area contributed by atoms with E-state index in [1.165, 1.54) is 0 Å². The summed E-state index contributed by atoms with van der Waals surface area (Å²) in [5.41, 5.74) is 4.09. The normalized spacial score (nSPS) is 18.5. The lowest BCUT2D eigenvalue weighted by molar-refractivity contribution is -0.132. The summed E-state index contributed by atoms with van der Waals surface area (Å²) < 4.78 is 0. The SMILES string of the molecule is Cc1n[nH]c(C)c1CCC(=O)N1CCCC1CC(O)c1ccccc1. The fourth-order valence-electron chi connectivity index (χ4n) is 3.80. The zero-order chi connectivity index (χ0) is 17.8. The van der Waals surface area contributed by atoms with Crippen molar-refractivity contribution in [1.29, 1.82) is 0 Å². The van der Waals surface area contributed by atoms with Gasteiger partial charge in [-0.25, -0.2) is 0 Å². The Morgan fingerprint density at radius 1 is 1.36 bits per heavy atom. The number of amides is 1. The number of aryl methyl sites for hydroxylation is 2. The van der Waals surface area contributed by atoms with Gasteiger partial charge < -0.3 is 10.0 Å². The number of carbonyl (C=O) groups is 1. The zero-order valence-corrected chi connectivity index (χ0v) is 15.0. The van der Waals surface area contributed by atoms with Gasteiger partial charge in [-0.05, 0) is 50.7 Å². The molecule has 25 heavy (non-hydrogen) atoms. The molecule has 0 saturated carbocycles. The second-order valence-corrected chi connectivity index (χ2v) is 6.96. The maximum atomic E-state index is 12.7. The highest BCUT2D eigenvalue weighted by Crippen LogP contribution is 2.28. The van der Waals surface area contributed by atoms with E-state index in [0.29, 0.717) is 12.8 Å². The van der Waals surface area contributed by atoms with Gasteiger partial charge in [0.2, 0.25) is 5.91 Å². The first kappa shape index (κ1) is 17.7. The summed E-state index contributed by atoms with van der Waals surface area (Å²) in [6.45, 7) is 4.77. The number of benzene rings is 1. The van der Waals surface area contributed by atoms with Gasteiger partial charge in [-0.1, -0.05) is 30.3 Å². The second kappa shape index (κ2) is 7.83. The maximum Gasteiger partial charge on any atom is 0.223 e. The number of aliphatic hydroxyl groups excluding tert-OH is 1. The number of rotatable bonds is 6. The van der Waals surface area contributed by atoms with Gasteiger partial charge in [0.15, 0.2) is 0 Å². The van der Waals surface area contributed by atoms with Crippen LogP contribution in [0.3, 0.4) is 0 Å². The van der Waals surface area contributed by atoms with Gasteiger partial charge in [-0.15, -0.1) is 0 Å². The average molecular weight is 341 g/mol. The number of aliphatic hydroxyl groups is 1. The quantitative estimate of drug-likeness (QED) is 0.848. The van der Waals surface area contributed by atoms with Crippen LogP contribution in [0.25, 0.3) is 0 Å². The first-order valence-corrected chi connectivity index (χ1v) is 9.09. The van der Waals surface area contributed by atoms with E-state index >= 15 is 0 Å². The van der Waals surface area contributed by atoms with E-state index in [2.05, 4.69) is 10.2 Å². The van der Waals surface area contributed by atoms with E-state index in [-0.39, 0.29) is 11.9 Å². The molecule has 2 atom stereocenters. The Balaban J connectivity index is 1.58. The second-order valence-electron chi connectivity index (χ2n) is 6.96. The molecular formula is C20H27N3O2. The van der Waals surface area contributed by atoms with E-state index in [1.807, 2.05) is 49.1 Å². The zero-order valence-electron chi connectivity index (χ0n) is 15.0. The molecule has 1 amide bonds. The van der Waals surface area contributed by atoms with Crippen LogP contribution in [0.1, 0.15) is 54.3 Å². The summed E-state index contributed by atoms with van der Waals surface area (Å²) in [5, 5.41) is 17.7. The molecule has 1 aromatic carbocycles. The van der Waals surface area contributed by atoms with Crippen LogP contribution in [0.4, 0.5) is 0 Å². The summed E-state index contributed by atoms with van der Waals surface area (Å²) in [6, 6.07) is 9.83. The largest absolute Gasteiger partial charge is 0.388 e. The van der Waals surface area contributed by atoms with Crippen LogP contribution in [0.2, 0.25) is 0 Å². The molecule has 0 spiro atoms. The minimum atomic E-state index is -0.516. The minimum Gasteiger partial charge on any atom is -0.388 e. The van der Waals surface area contributed by atoms with Gasteiger partial charge in [0.1, 0.15) is 0 Å². The first-order chi connectivity index (χ1) is 12.1. The highest BCUT2D eigenvalue weighted by atomic mass is 16.3. The Morgan fingerprint density at radius 2 is 2.12 bits per heavy atom. The molecule has 0 aliphatic carbocycles. The van der Waals surface area contributed by atoms with Crippen molar-refractivity contribution < 1.29 is 9.90 Å². The molecule has 5 heteroatoms. The van der Waals surface area contributed by atoms with Crippen LogP contribution in [0.5, 0.6) is 0 Å². The van der Waals surface area contributed by atoms with Gasteiger partial charge in [0.05, 0.1) is 11.8 Å². The van der Waals surface area contributed by atoms with E-state index in [0.717, 1.165) is 48.3 Å². The molecule has 1 aliphatic rings. The van der Waals surface area contributed by atoms with Crippen molar-refractivity contribution in [2.24, 2.45) is 0 Å². The molecule has 5 nitrogen and oxygen atoms in total. The smallest absolute Gasteiger partial charge is 0.223 e. The number of carbonyl (C=O) groups excluding carboxylic acids is 1. The van der Waals surface area contributed by atoms with Crippen LogP contribution < -0.4 is 0 Å². The van der Waals surface area contributed by atoms with E-state index in [4.69, 9.17) is 0 Å². The van der Waals surface area contributed by atoms with E-state index < -0.39 is 6.10 Å². The number of aromatic nitrogens is 2. The standard InChI is InChI=1S/C20H27N3O2/c1-14-18(15(2)22-21-14)10-11-20(25)23-12-6-9-17(23)13-19(24)16-7-4-3-5-8-16/h3-5,7-8,17,19,24H,6,9-13H2,1-2H3,(H,21,22). The van der Waals surface area contributed by atoms with Crippen molar-refractivity contribution in [2.75, 3.05) is 6.54 Å². The molecule has 1 fully saturated rings. The molecule has 1 aliphatic heterocycles. The van der Waals surface area contributed by atoms with Gasteiger partial charge in [0, 0.05) is 24.7 Å². The lowest BCUT2D eigenvalue weighted by atomic mass is 10.00. The maximum absolute atomic E-state index is 12.7. The van der Waals surface area contributed by atoms with Crippen molar-refractivity contribution in [3.63, 3.8) is 0 Å². The first-order valence-electron chi connectivity index (χ1n) is 9.09. The topological polar surface area (TPSA) is 69.2 Å². The van der Waals surface area contributed by atoms with Crippen molar-refractivity contribution in [2.45, 2.75) is 58.1 Å². The van der Waals surface area contributed by atoms with Crippen molar-refractivity contribution in [3.05, 3.63) is 52.8 Å². The summed E-state index contributed by atoms with van der Waals surface area (Å²) >= 11 is 0. The van der Waals surface area contributed by atoms with Crippen molar-refractivity contribution >= 4 is 5.91 Å². The summed E-state index contributed by atoms with van der Waals surface area (Å²) in [6.07, 6.45) is 3.30. The van der Waals surface area contributed by atoms with Crippen LogP contribution in [-0.2, 0) is 11.2 Å². The predicted molar refractivity (Wildman–Crippen MR) is 97.1 cm³/mol. The van der Waals surface area contributed by atoms with Gasteiger partial charge >= 0.3 is 0 Å². The molecule has 1 aromatic heterocycles. The summed E-state index contributed by atoms with van der Waals surface area (Å²) in [5.74, 6) is 0.183. The van der Waals surface area contributed by atoms with E-state index in [1.54, 1.807) is 0 Å². The fourth-order valence-corrected chi connectivity index (χ4v) is 3.80. The molecule has 3 rings (SSSR count). The highest BCUT2D eigenvalue weighted by molar-refractivity contribution is 5.77. The van der Waals surface area contributed by atoms with Crippen LogP contribution in [-0.4, -0.2) is 38.7 Å². The molecule has 134 valence electrons. The molecule has 2 aromatic rings. The molecule has 0 bridgehead atoms. The van der Waals surface area contributed by atoms with Gasteiger partial charge in [0.25, 0.3) is 0 Å². The van der Waals surface area contributed by atoms with E-state index in [9.17, 15) is 9.90 Å². The molecule has 2 heterocycles. The van der Waals surface area contributed by atoms with Gasteiger partial charge in [-0.2, -0.15) is 5.10 Å². The monoisotopic (exact) mass is 341 g/mol. The lowest BCUT2D eigenvalue weighted by Gasteiger charge is -2.27. The molecule has 2 N–H and O–H groups in total. The van der Waals surface area contributed by atoms with Gasteiger partial charge in [-0.3, -0.25) is 9.89 Å². The Hall–Kier alpha value is -2.14. The number of nitrogens with one attached hydrogen (secondary N) is 1. The summed E-state index contributed by atoms with van der Waals surface area (Å²) in [7, 11) is 0. The Morgan fingerprint density at radius 3 is 2.80 bits per heavy atom. The number of likely N-dealkylation sites (tertiary alicyclic amines) is 1. The molecule has 1 saturated heterocycles. The minimum absolute atomic E-state index is 0.134. The number of H-pyrrole nitrogens is 1. The predicted octanol–water partition coefficient (Wildman–Crippen LogP) is 3.07. The number of nitrogens with zero attached hydrogens (tertiary/aromatic N) is 2. The number of aromatic amines is 1. The third-order valence-corrected chi connectivity index (χ3v) is 5.25. The lowest BCUT2D eigenvalue weighted by Crippen LogP contribution is -2.36. The number of hydrogen-bond acceptors (Lipinski definition) is 3. The molecule has 2 unspecified atom stereocenters. The van der Waals surface area contributed by atoms with Crippen LogP contribution in [0, 0.1) is 13.8 Å². The Bertz CT molecular complexity index is 691. The van der Waals surface area contributed by atoms with Crippen molar-refractivity contribution in [3.8, 4) is 0 Å². The fraction of sp³-hybridized carbons (Fsp3) is 0.500. The molecular weight excluding hydrogens is 314 g/mol. The third kappa shape index (κ3) is 4.10.